The summed E-state index contributed by atoms with van der Waals surface area (Å²) in [6.45, 7) is 8.07. The predicted octanol–water partition coefficient (Wildman–Crippen LogP) is 2.93. The molecule has 0 aliphatic carbocycles. The molecule has 1 unspecified atom stereocenters. The maximum absolute atomic E-state index is 5.46. The zero-order valence-corrected chi connectivity index (χ0v) is 10.5. The first-order valence-corrected chi connectivity index (χ1v) is 6.12. The second kappa shape index (κ2) is 7.23. The Bertz CT molecular complexity index is 302. The van der Waals surface area contributed by atoms with Crippen LogP contribution in [-0.2, 0) is 0 Å². The van der Waals surface area contributed by atoms with Gasteiger partial charge in [0.2, 0.25) is 0 Å². The fourth-order valence-corrected chi connectivity index (χ4v) is 1.69. The van der Waals surface area contributed by atoms with Crippen molar-refractivity contribution < 1.29 is 4.74 Å². The highest BCUT2D eigenvalue weighted by Crippen LogP contribution is 2.20. The van der Waals surface area contributed by atoms with Crippen molar-refractivity contribution in [3.63, 3.8) is 0 Å². The van der Waals surface area contributed by atoms with E-state index in [-0.39, 0.29) is 0 Å². The van der Waals surface area contributed by atoms with E-state index in [4.69, 9.17) is 4.74 Å². The molecule has 1 N–H and O–H groups in total. The third kappa shape index (κ3) is 3.81. The smallest absolute Gasteiger partial charge is 0.137 e. The number of nitrogens with one attached hydrogen (secondary N) is 1. The van der Waals surface area contributed by atoms with E-state index < -0.39 is 0 Å². The third-order valence-electron chi connectivity index (χ3n) is 2.50. The predicted molar refractivity (Wildman–Crippen MR) is 66.7 cm³/mol. The molecule has 3 heteroatoms. The highest BCUT2D eigenvalue weighted by Gasteiger charge is 2.09. The van der Waals surface area contributed by atoms with E-state index in [9.17, 15) is 0 Å². The van der Waals surface area contributed by atoms with Crippen molar-refractivity contribution in [2.45, 2.75) is 39.7 Å². The van der Waals surface area contributed by atoms with Crippen LogP contribution in [0.2, 0.25) is 0 Å². The fourth-order valence-electron chi connectivity index (χ4n) is 1.69. The molecule has 3 nitrogen and oxygen atoms in total. The molecular formula is C13H22N2O. The number of nitrogens with zero attached hydrogens (tertiary/aromatic N) is 1. The van der Waals surface area contributed by atoms with E-state index in [2.05, 4.69) is 30.2 Å². The molecule has 0 aromatic carbocycles. The van der Waals surface area contributed by atoms with Crippen LogP contribution in [0.3, 0.4) is 0 Å². The number of aromatic nitrogens is 1. The maximum Gasteiger partial charge on any atom is 0.137 e. The van der Waals surface area contributed by atoms with Crippen LogP contribution in [0.15, 0.2) is 18.5 Å². The quantitative estimate of drug-likeness (QED) is 0.770. The van der Waals surface area contributed by atoms with Gasteiger partial charge in [-0.2, -0.15) is 0 Å². The molecule has 90 valence electrons. The van der Waals surface area contributed by atoms with Crippen LogP contribution in [0.4, 0.5) is 0 Å². The topological polar surface area (TPSA) is 34.2 Å². The Balaban J connectivity index is 2.71. The first-order chi connectivity index (χ1) is 7.81. The minimum Gasteiger partial charge on any atom is -0.492 e. The number of rotatable bonds is 7. The Morgan fingerprint density at radius 2 is 2.12 bits per heavy atom. The summed E-state index contributed by atoms with van der Waals surface area (Å²) in [5, 5.41) is 3.51. The zero-order valence-electron chi connectivity index (χ0n) is 10.5. The number of pyridine rings is 1. The van der Waals surface area contributed by atoms with Gasteiger partial charge < -0.3 is 10.1 Å². The van der Waals surface area contributed by atoms with Crippen molar-refractivity contribution >= 4 is 0 Å². The fraction of sp³-hybridized carbons (Fsp3) is 0.615. The molecule has 0 amide bonds. The molecule has 1 aromatic heterocycles. The molecule has 0 radical (unpaired) electrons. The van der Waals surface area contributed by atoms with Crippen molar-refractivity contribution in [3.05, 3.63) is 24.0 Å². The SMILES string of the molecule is CCCNC(CC)c1cncc(OCC)c1. The van der Waals surface area contributed by atoms with Crippen molar-refractivity contribution in [1.29, 1.82) is 0 Å². The number of hydrogen-bond acceptors (Lipinski definition) is 3. The summed E-state index contributed by atoms with van der Waals surface area (Å²) < 4.78 is 5.46. The lowest BCUT2D eigenvalue weighted by atomic mass is 10.1. The lowest BCUT2D eigenvalue weighted by Crippen LogP contribution is -2.21. The summed E-state index contributed by atoms with van der Waals surface area (Å²) >= 11 is 0. The normalized spacial score (nSPS) is 12.4. The summed E-state index contributed by atoms with van der Waals surface area (Å²) in [5.74, 6) is 0.858. The Labute approximate surface area is 98.2 Å². The average Bonchev–Trinajstić information content (AvgIpc) is 2.31. The van der Waals surface area contributed by atoms with Gasteiger partial charge >= 0.3 is 0 Å². The van der Waals surface area contributed by atoms with E-state index in [1.165, 1.54) is 5.56 Å². The van der Waals surface area contributed by atoms with Crippen LogP contribution < -0.4 is 10.1 Å². The van der Waals surface area contributed by atoms with Gasteiger partial charge in [-0.15, -0.1) is 0 Å². The molecule has 0 bridgehead atoms. The minimum absolute atomic E-state index is 0.382. The Morgan fingerprint density at radius 1 is 1.31 bits per heavy atom. The van der Waals surface area contributed by atoms with Crippen molar-refractivity contribution in [3.8, 4) is 5.75 Å². The lowest BCUT2D eigenvalue weighted by molar-refractivity contribution is 0.337. The molecular weight excluding hydrogens is 200 g/mol. The van der Waals surface area contributed by atoms with Crippen molar-refractivity contribution in [2.75, 3.05) is 13.2 Å². The standard InChI is InChI=1S/C13H22N2O/c1-4-7-15-13(5-2)11-8-12(16-6-3)10-14-9-11/h8-10,13,15H,4-7H2,1-3H3. The summed E-state index contributed by atoms with van der Waals surface area (Å²) in [6.07, 6.45) is 5.89. The maximum atomic E-state index is 5.46. The molecule has 1 heterocycles. The van der Waals surface area contributed by atoms with E-state index in [0.29, 0.717) is 12.6 Å². The largest absolute Gasteiger partial charge is 0.492 e. The first-order valence-electron chi connectivity index (χ1n) is 6.12. The van der Waals surface area contributed by atoms with Gasteiger partial charge in [-0.25, -0.2) is 0 Å². The van der Waals surface area contributed by atoms with Crippen LogP contribution in [-0.4, -0.2) is 18.1 Å². The summed E-state index contributed by atoms with van der Waals surface area (Å²) in [5.41, 5.74) is 1.21. The van der Waals surface area contributed by atoms with Gasteiger partial charge in [0.05, 0.1) is 12.8 Å². The lowest BCUT2D eigenvalue weighted by Gasteiger charge is -2.17. The van der Waals surface area contributed by atoms with Gasteiger partial charge in [0.15, 0.2) is 0 Å². The number of ether oxygens (including phenoxy) is 1. The molecule has 16 heavy (non-hydrogen) atoms. The van der Waals surface area contributed by atoms with Gasteiger partial charge in [-0.1, -0.05) is 13.8 Å². The highest BCUT2D eigenvalue weighted by atomic mass is 16.5. The molecule has 0 aliphatic heterocycles. The molecule has 1 rings (SSSR count). The van der Waals surface area contributed by atoms with Gasteiger partial charge in [0, 0.05) is 12.2 Å². The van der Waals surface area contributed by atoms with Crippen molar-refractivity contribution in [2.24, 2.45) is 0 Å². The van der Waals surface area contributed by atoms with E-state index in [1.807, 2.05) is 13.1 Å². The zero-order chi connectivity index (χ0) is 11.8. The van der Waals surface area contributed by atoms with E-state index in [0.717, 1.165) is 25.1 Å². The molecule has 1 atom stereocenters. The number of hydrogen-bond donors (Lipinski definition) is 1. The van der Waals surface area contributed by atoms with Crippen LogP contribution >= 0.6 is 0 Å². The van der Waals surface area contributed by atoms with Gasteiger partial charge in [0.1, 0.15) is 5.75 Å². The second-order valence-corrected chi connectivity index (χ2v) is 3.80. The van der Waals surface area contributed by atoms with Crippen LogP contribution in [0.25, 0.3) is 0 Å². The molecule has 0 fully saturated rings. The Morgan fingerprint density at radius 3 is 2.75 bits per heavy atom. The minimum atomic E-state index is 0.382. The third-order valence-corrected chi connectivity index (χ3v) is 2.50. The van der Waals surface area contributed by atoms with Gasteiger partial charge in [-0.3, -0.25) is 4.98 Å². The Hall–Kier alpha value is -1.09. The molecule has 1 aromatic rings. The van der Waals surface area contributed by atoms with Crippen LogP contribution in [0.1, 0.15) is 45.2 Å². The van der Waals surface area contributed by atoms with Gasteiger partial charge in [0.25, 0.3) is 0 Å². The van der Waals surface area contributed by atoms with Gasteiger partial charge in [-0.05, 0) is 37.9 Å². The highest BCUT2D eigenvalue weighted by molar-refractivity contribution is 5.25. The molecule has 0 aliphatic rings. The van der Waals surface area contributed by atoms with Crippen LogP contribution in [0.5, 0.6) is 5.75 Å². The molecule has 0 saturated carbocycles. The van der Waals surface area contributed by atoms with Crippen molar-refractivity contribution in [1.82, 2.24) is 10.3 Å². The first kappa shape index (κ1) is 13.0. The average molecular weight is 222 g/mol. The van der Waals surface area contributed by atoms with E-state index in [1.54, 1.807) is 6.20 Å². The monoisotopic (exact) mass is 222 g/mol. The summed E-state index contributed by atoms with van der Waals surface area (Å²) in [7, 11) is 0. The van der Waals surface area contributed by atoms with Crippen LogP contribution in [0, 0.1) is 0 Å². The Kier molecular flexibility index (Phi) is 5.86. The second-order valence-electron chi connectivity index (χ2n) is 3.80. The molecule has 0 spiro atoms. The summed E-state index contributed by atoms with van der Waals surface area (Å²) in [6, 6.07) is 2.46. The summed E-state index contributed by atoms with van der Waals surface area (Å²) in [4.78, 5) is 4.22. The molecule has 0 saturated heterocycles. The van der Waals surface area contributed by atoms with E-state index >= 15 is 0 Å².